The van der Waals surface area contributed by atoms with Crippen molar-refractivity contribution in [2.45, 2.75) is 6.92 Å². The van der Waals surface area contributed by atoms with Gasteiger partial charge in [-0.3, -0.25) is 0 Å². The van der Waals surface area contributed by atoms with Gasteiger partial charge >= 0.3 is 0 Å². The second-order valence-corrected chi connectivity index (χ2v) is 2.24. The smallest absolute Gasteiger partial charge is 0.107 e. The quantitative estimate of drug-likeness (QED) is 0.459. The van der Waals surface area contributed by atoms with Crippen molar-refractivity contribution in [3.8, 4) is 12.1 Å². The van der Waals surface area contributed by atoms with E-state index in [1.165, 1.54) is 0 Å². The molecule has 0 bridgehead atoms. The van der Waals surface area contributed by atoms with Crippen molar-refractivity contribution in [3.63, 3.8) is 0 Å². The number of nitriles is 2. The van der Waals surface area contributed by atoms with Crippen LogP contribution in [0.5, 0.6) is 0 Å². The highest BCUT2D eigenvalue weighted by Crippen LogP contribution is 2.08. The van der Waals surface area contributed by atoms with Crippen LogP contribution >= 0.6 is 22.6 Å². The lowest BCUT2D eigenvalue weighted by molar-refractivity contribution is 1.43. The first-order valence-electron chi connectivity index (χ1n) is 1.89. The first kappa shape index (κ1) is 7.45. The van der Waals surface area contributed by atoms with Gasteiger partial charge in [-0.25, -0.2) is 0 Å². The molecular formula is C5H3IN2. The second kappa shape index (κ2) is 3.45. The van der Waals surface area contributed by atoms with Crippen molar-refractivity contribution in [2.75, 3.05) is 0 Å². The third-order valence-corrected chi connectivity index (χ3v) is 1.65. The molecule has 0 rings (SSSR count). The molecule has 0 heterocycles. The van der Waals surface area contributed by atoms with Gasteiger partial charge in [-0.15, -0.1) is 0 Å². The van der Waals surface area contributed by atoms with E-state index in [1.54, 1.807) is 6.92 Å². The Morgan fingerprint density at radius 1 is 1.38 bits per heavy atom. The number of nitrogens with zero attached hydrogens (tertiary/aromatic N) is 2. The number of halogens is 1. The summed E-state index contributed by atoms with van der Waals surface area (Å²) in [5.41, 5.74) is 0.480. The van der Waals surface area contributed by atoms with Crippen LogP contribution in [-0.4, -0.2) is 0 Å². The van der Waals surface area contributed by atoms with E-state index in [4.69, 9.17) is 10.5 Å². The average molecular weight is 218 g/mol. The zero-order valence-electron chi connectivity index (χ0n) is 4.27. The Morgan fingerprint density at radius 3 is 2.00 bits per heavy atom. The zero-order valence-corrected chi connectivity index (χ0v) is 6.43. The molecule has 40 valence electrons. The molecule has 3 heteroatoms. The summed E-state index contributed by atoms with van der Waals surface area (Å²) < 4.78 is 0.463. The Hall–Kier alpha value is -0.550. The summed E-state index contributed by atoms with van der Waals surface area (Å²) in [6, 6.07) is 3.72. The predicted octanol–water partition coefficient (Wildman–Crippen LogP) is 1.74. The lowest BCUT2D eigenvalue weighted by Crippen LogP contribution is -1.69. The van der Waals surface area contributed by atoms with Crippen molar-refractivity contribution in [1.82, 2.24) is 0 Å². The molecule has 0 aromatic carbocycles. The molecule has 0 aliphatic heterocycles. The summed E-state index contributed by atoms with van der Waals surface area (Å²) in [6.45, 7) is 1.62. The van der Waals surface area contributed by atoms with Crippen molar-refractivity contribution < 1.29 is 0 Å². The SMILES string of the molecule is C/C(C#N)=C(/I)C#N. The van der Waals surface area contributed by atoms with Gasteiger partial charge < -0.3 is 0 Å². The van der Waals surface area contributed by atoms with Crippen LogP contribution in [0.3, 0.4) is 0 Å². The van der Waals surface area contributed by atoms with Crippen molar-refractivity contribution in [2.24, 2.45) is 0 Å². The molecule has 0 spiro atoms. The van der Waals surface area contributed by atoms with Gasteiger partial charge in [0, 0.05) is 0 Å². The van der Waals surface area contributed by atoms with Gasteiger partial charge in [0.2, 0.25) is 0 Å². The van der Waals surface area contributed by atoms with Gasteiger partial charge in [0.15, 0.2) is 0 Å². The maximum atomic E-state index is 8.17. The molecule has 0 aromatic rings. The minimum atomic E-state index is 0.463. The summed E-state index contributed by atoms with van der Waals surface area (Å²) >= 11 is 1.83. The van der Waals surface area contributed by atoms with Crippen molar-refractivity contribution >= 4 is 22.6 Å². The Bertz CT molecular complexity index is 169. The fourth-order valence-corrected chi connectivity index (χ4v) is 0.254. The summed E-state index contributed by atoms with van der Waals surface area (Å²) in [5, 5.41) is 16.3. The van der Waals surface area contributed by atoms with E-state index >= 15 is 0 Å². The summed E-state index contributed by atoms with van der Waals surface area (Å²) in [7, 11) is 0. The minimum Gasteiger partial charge on any atom is -0.193 e. The van der Waals surface area contributed by atoms with Crippen molar-refractivity contribution in [3.05, 3.63) is 9.15 Å². The lowest BCUT2D eigenvalue weighted by Gasteiger charge is -1.79. The van der Waals surface area contributed by atoms with Crippen LogP contribution in [-0.2, 0) is 0 Å². The topological polar surface area (TPSA) is 47.6 Å². The second-order valence-electron chi connectivity index (χ2n) is 1.16. The first-order valence-corrected chi connectivity index (χ1v) is 2.96. The fraction of sp³-hybridized carbons (Fsp3) is 0.200. The van der Waals surface area contributed by atoms with Gasteiger partial charge in [-0.1, -0.05) is 0 Å². The maximum Gasteiger partial charge on any atom is 0.107 e. The lowest BCUT2D eigenvalue weighted by atomic mass is 10.3. The van der Waals surface area contributed by atoms with Gasteiger partial charge in [0.05, 0.1) is 11.6 Å². The molecule has 0 unspecified atom stereocenters. The van der Waals surface area contributed by atoms with E-state index in [2.05, 4.69) is 0 Å². The molecule has 8 heavy (non-hydrogen) atoms. The first-order chi connectivity index (χ1) is 3.72. The van der Waals surface area contributed by atoms with Crippen LogP contribution in [0.2, 0.25) is 0 Å². The molecule has 0 aromatic heterocycles. The molecule has 0 atom stereocenters. The van der Waals surface area contributed by atoms with Crippen LogP contribution < -0.4 is 0 Å². The van der Waals surface area contributed by atoms with E-state index in [1.807, 2.05) is 34.7 Å². The van der Waals surface area contributed by atoms with Crippen LogP contribution in [0.25, 0.3) is 0 Å². The molecule has 0 saturated carbocycles. The third kappa shape index (κ3) is 1.94. The van der Waals surface area contributed by atoms with Gasteiger partial charge in [0.25, 0.3) is 0 Å². The number of allylic oxidation sites excluding steroid dienone is 2. The van der Waals surface area contributed by atoms with E-state index in [-0.39, 0.29) is 0 Å². The number of rotatable bonds is 0. The van der Waals surface area contributed by atoms with Gasteiger partial charge in [-0.05, 0) is 29.5 Å². The molecule has 2 nitrogen and oxygen atoms in total. The van der Waals surface area contributed by atoms with E-state index in [0.717, 1.165) is 0 Å². The molecule has 0 saturated heterocycles. The van der Waals surface area contributed by atoms with Crippen LogP contribution in [0, 0.1) is 22.7 Å². The van der Waals surface area contributed by atoms with Gasteiger partial charge in [-0.2, -0.15) is 10.5 Å². The highest BCUT2D eigenvalue weighted by atomic mass is 127. The molecular weight excluding hydrogens is 215 g/mol. The minimum absolute atomic E-state index is 0.463. The normalized spacial score (nSPS) is 11.0. The van der Waals surface area contributed by atoms with Crippen LogP contribution in [0.4, 0.5) is 0 Å². The third-order valence-electron chi connectivity index (χ3n) is 0.595. The Morgan fingerprint density at radius 2 is 1.88 bits per heavy atom. The fourth-order valence-electron chi connectivity index (χ4n) is 0.133. The predicted molar refractivity (Wildman–Crippen MR) is 37.9 cm³/mol. The summed E-state index contributed by atoms with van der Waals surface area (Å²) in [5.74, 6) is 0. The molecule has 0 radical (unpaired) electrons. The van der Waals surface area contributed by atoms with Crippen LogP contribution in [0.15, 0.2) is 9.15 Å². The molecule has 0 aliphatic rings. The summed E-state index contributed by atoms with van der Waals surface area (Å²) in [6.07, 6.45) is 0. The van der Waals surface area contributed by atoms with E-state index < -0.39 is 0 Å². The van der Waals surface area contributed by atoms with E-state index in [0.29, 0.717) is 9.15 Å². The maximum absolute atomic E-state index is 8.17. The largest absolute Gasteiger partial charge is 0.193 e. The Labute approximate surface area is 61.6 Å². The Balaban J connectivity index is 4.41. The molecule has 0 N–H and O–H groups in total. The number of hydrogen-bond acceptors (Lipinski definition) is 2. The van der Waals surface area contributed by atoms with Crippen LogP contribution in [0.1, 0.15) is 6.92 Å². The standard InChI is InChI=1S/C5H3IN2/c1-4(2-7)5(6)3-8/h1H3/b5-4-. The average Bonchev–Trinajstić information content (AvgIpc) is 1.84. The van der Waals surface area contributed by atoms with Gasteiger partial charge in [0.1, 0.15) is 9.65 Å². The van der Waals surface area contributed by atoms with Crippen molar-refractivity contribution in [1.29, 1.82) is 10.5 Å². The highest BCUT2D eigenvalue weighted by Gasteiger charge is 1.91. The monoisotopic (exact) mass is 218 g/mol. The zero-order chi connectivity index (χ0) is 6.57. The molecule has 0 fully saturated rings. The Kier molecular flexibility index (Phi) is 3.21. The number of hydrogen-bond donors (Lipinski definition) is 0. The molecule has 0 aliphatic carbocycles. The highest BCUT2D eigenvalue weighted by molar-refractivity contribution is 14.1. The molecule has 0 amide bonds. The summed E-state index contributed by atoms with van der Waals surface area (Å²) in [4.78, 5) is 0. The van der Waals surface area contributed by atoms with E-state index in [9.17, 15) is 0 Å².